The number of carboxylic acid groups (broad SMARTS) is 1. The van der Waals surface area contributed by atoms with E-state index in [4.69, 9.17) is 9.84 Å². The van der Waals surface area contributed by atoms with Gasteiger partial charge < -0.3 is 9.84 Å². The van der Waals surface area contributed by atoms with E-state index >= 15 is 0 Å². The van der Waals surface area contributed by atoms with Crippen LogP contribution in [0.15, 0.2) is 36.4 Å². The summed E-state index contributed by atoms with van der Waals surface area (Å²) in [5.74, 6) is -1.29. The first-order valence-electron chi connectivity index (χ1n) is 5.71. The molecule has 0 amide bonds. The number of halogens is 1. The van der Waals surface area contributed by atoms with Crippen LogP contribution in [0.2, 0.25) is 0 Å². The van der Waals surface area contributed by atoms with Crippen molar-refractivity contribution >= 4 is 5.97 Å². The van der Waals surface area contributed by atoms with Crippen molar-refractivity contribution in [1.29, 1.82) is 0 Å². The van der Waals surface area contributed by atoms with Gasteiger partial charge in [-0.05, 0) is 41.8 Å². The molecule has 0 aliphatic heterocycles. The van der Waals surface area contributed by atoms with Gasteiger partial charge in [0, 0.05) is 0 Å². The molecule has 0 aliphatic rings. The first-order valence-corrected chi connectivity index (χ1v) is 5.71. The summed E-state index contributed by atoms with van der Waals surface area (Å²) >= 11 is 0. The maximum absolute atomic E-state index is 13.4. The van der Waals surface area contributed by atoms with Crippen LogP contribution in [0.5, 0.6) is 5.75 Å². The molecule has 2 aromatic carbocycles. The van der Waals surface area contributed by atoms with Crippen molar-refractivity contribution in [2.24, 2.45) is 0 Å². The molecular weight excluding hydrogens is 247 g/mol. The van der Waals surface area contributed by atoms with Crippen molar-refractivity contribution in [3.63, 3.8) is 0 Å². The van der Waals surface area contributed by atoms with E-state index in [1.807, 2.05) is 0 Å². The van der Waals surface area contributed by atoms with Gasteiger partial charge in [0.25, 0.3) is 0 Å². The topological polar surface area (TPSA) is 46.5 Å². The van der Waals surface area contributed by atoms with Crippen molar-refractivity contribution in [2.45, 2.75) is 6.92 Å². The first-order chi connectivity index (χ1) is 9.04. The number of benzene rings is 2. The summed E-state index contributed by atoms with van der Waals surface area (Å²) in [6, 6.07) is 9.48. The Morgan fingerprint density at radius 2 is 2.00 bits per heavy atom. The SMILES string of the molecule is COc1cc(-c2cccc(C(=O)O)c2C)ccc1F. The molecule has 0 atom stereocenters. The minimum Gasteiger partial charge on any atom is -0.494 e. The van der Waals surface area contributed by atoms with Crippen LogP contribution in [0.4, 0.5) is 4.39 Å². The third kappa shape index (κ3) is 2.42. The molecule has 3 nitrogen and oxygen atoms in total. The van der Waals surface area contributed by atoms with E-state index in [1.165, 1.54) is 13.2 Å². The normalized spacial score (nSPS) is 10.3. The molecule has 98 valence electrons. The summed E-state index contributed by atoms with van der Waals surface area (Å²) < 4.78 is 18.3. The van der Waals surface area contributed by atoms with Crippen LogP contribution in [0, 0.1) is 12.7 Å². The number of carbonyl (C=O) groups is 1. The molecule has 0 bridgehead atoms. The molecule has 0 saturated carbocycles. The van der Waals surface area contributed by atoms with Crippen LogP contribution in [-0.4, -0.2) is 18.2 Å². The standard InChI is InChI=1S/C15H13FO3/c1-9-11(4-3-5-12(9)15(17)18)10-6-7-13(16)14(8-10)19-2/h3-8H,1-2H3,(H,17,18). The molecule has 0 saturated heterocycles. The summed E-state index contributed by atoms with van der Waals surface area (Å²) in [5, 5.41) is 9.10. The molecule has 4 heteroatoms. The largest absolute Gasteiger partial charge is 0.494 e. The van der Waals surface area contributed by atoms with Gasteiger partial charge >= 0.3 is 5.97 Å². The number of aromatic carboxylic acids is 1. The van der Waals surface area contributed by atoms with Crippen molar-refractivity contribution in [3.05, 3.63) is 53.3 Å². The summed E-state index contributed by atoms with van der Waals surface area (Å²) in [6.45, 7) is 1.73. The Hall–Kier alpha value is -2.36. The second-order valence-electron chi connectivity index (χ2n) is 4.13. The van der Waals surface area contributed by atoms with Gasteiger partial charge in [-0.2, -0.15) is 0 Å². The van der Waals surface area contributed by atoms with Crippen molar-refractivity contribution in [1.82, 2.24) is 0 Å². The zero-order valence-electron chi connectivity index (χ0n) is 10.6. The van der Waals surface area contributed by atoms with Crippen LogP contribution in [0.3, 0.4) is 0 Å². The van der Waals surface area contributed by atoms with Crippen molar-refractivity contribution in [2.75, 3.05) is 7.11 Å². The van der Waals surface area contributed by atoms with Gasteiger partial charge in [-0.1, -0.05) is 18.2 Å². The Bertz CT molecular complexity index is 635. The molecule has 0 aromatic heterocycles. The van der Waals surface area contributed by atoms with Crippen molar-refractivity contribution < 1.29 is 19.0 Å². The van der Waals surface area contributed by atoms with Gasteiger partial charge in [0.2, 0.25) is 0 Å². The molecule has 2 aromatic rings. The molecule has 0 aliphatic carbocycles. The zero-order chi connectivity index (χ0) is 14.0. The third-order valence-corrected chi connectivity index (χ3v) is 3.03. The predicted molar refractivity (Wildman–Crippen MR) is 70.1 cm³/mol. The monoisotopic (exact) mass is 260 g/mol. The number of hydrogen-bond donors (Lipinski definition) is 1. The van der Waals surface area contributed by atoms with E-state index in [-0.39, 0.29) is 11.3 Å². The van der Waals surface area contributed by atoms with Gasteiger partial charge in [-0.25, -0.2) is 9.18 Å². The number of ether oxygens (including phenoxy) is 1. The van der Waals surface area contributed by atoms with Crippen molar-refractivity contribution in [3.8, 4) is 16.9 Å². The summed E-state index contributed by atoms with van der Waals surface area (Å²) in [7, 11) is 1.39. The fourth-order valence-electron chi connectivity index (χ4n) is 2.01. The summed E-state index contributed by atoms with van der Waals surface area (Å²) in [4.78, 5) is 11.1. The second-order valence-corrected chi connectivity index (χ2v) is 4.13. The van der Waals surface area contributed by atoms with Gasteiger partial charge in [-0.3, -0.25) is 0 Å². The van der Waals surface area contributed by atoms with E-state index in [0.29, 0.717) is 5.56 Å². The molecule has 0 radical (unpaired) electrons. The number of hydrogen-bond acceptors (Lipinski definition) is 2. The highest BCUT2D eigenvalue weighted by Crippen LogP contribution is 2.29. The minimum absolute atomic E-state index is 0.137. The lowest BCUT2D eigenvalue weighted by atomic mass is 9.96. The number of methoxy groups -OCH3 is 1. The smallest absolute Gasteiger partial charge is 0.335 e. The Morgan fingerprint density at radius 1 is 1.26 bits per heavy atom. The first kappa shape index (κ1) is 13.1. The average Bonchev–Trinajstić information content (AvgIpc) is 2.39. The fourth-order valence-corrected chi connectivity index (χ4v) is 2.01. The number of carboxylic acids is 1. The molecule has 0 unspecified atom stereocenters. The fraction of sp³-hybridized carbons (Fsp3) is 0.133. The van der Waals surface area contributed by atoms with E-state index in [9.17, 15) is 9.18 Å². The molecule has 19 heavy (non-hydrogen) atoms. The van der Waals surface area contributed by atoms with E-state index < -0.39 is 11.8 Å². The average molecular weight is 260 g/mol. The maximum Gasteiger partial charge on any atom is 0.335 e. The highest BCUT2D eigenvalue weighted by atomic mass is 19.1. The molecular formula is C15H13FO3. The van der Waals surface area contributed by atoms with Gasteiger partial charge in [0.15, 0.2) is 11.6 Å². The third-order valence-electron chi connectivity index (χ3n) is 3.03. The molecule has 2 rings (SSSR count). The molecule has 1 N–H and O–H groups in total. The lowest BCUT2D eigenvalue weighted by molar-refractivity contribution is 0.0696. The zero-order valence-corrected chi connectivity index (χ0v) is 10.6. The lowest BCUT2D eigenvalue weighted by Crippen LogP contribution is -2.00. The lowest BCUT2D eigenvalue weighted by Gasteiger charge is -2.10. The van der Waals surface area contributed by atoms with Crippen LogP contribution < -0.4 is 4.74 Å². The Balaban J connectivity index is 2.59. The molecule has 0 spiro atoms. The molecule has 0 heterocycles. The predicted octanol–water partition coefficient (Wildman–Crippen LogP) is 3.51. The minimum atomic E-state index is -0.978. The van der Waals surface area contributed by atoms with Crippen LogP contribution >= 0.6 is 0 Å². The van der Waals surface area contributed by atoms with Crippen LogP contribution in [0.1, 0.15) is 15.9 Å². The molecule has 0 fully saturated rings. The Kier molecular flexibility index (Phi) is 3.51. The Morgan fingerprint density at radius 3 is 2.63 bits per heavy atom. The van der Waals surface area contributed by atoms with Gasteiger partial charge in [-0.15, -0.1) is 0 Å². The van der Waals surface area contributed by atoms with E-state index in [1.54, 1.807) is 37.3 Å². The number of rotatable bonds is 3. The Labute approximate surface area is 110 Å². The highest BCUT2D eigenvalue weighted by molar-refractivity contribution is 5.92. The van der Waals surface area contributed by atoms with Gasteiger partial charge in [0.05, 0.1) is 12.7 Å². The summed E-state index contributed by atoms with van der Waals surface area (Å²) in [5.41, 5.74) is 2.35. The van der Waals surface area contributed by atoms with Crippen LogP contribution in [-0.2, 0) is 0 Å². The van der Waals surface area contributed by atoms with Gasteiger partial charge in [0.1, 0.15) is 0 Å². The second kappa shape index (κ2) is 5.10. The highest BCUT2D eigenvalue weighted by Gasteiger charge is 2.12. The summed E-state index contributed by atoms with van der Waals surface area (Å²) in [6.07, 6.45) is 0. The quantitative estimate of drug-likeness (QED) is 0.918. The van der Waals surface area contributed by atoms with E-state index in [2.05, 4.69) is 0 Å². The maximum atomic E-state index is 13.4. The van der Waals surface area contributed by atoms with Crippen LogP contribution in [0.25, 0.3) is 11.1 Å². The van der Waals surface area contributed by atoms with E-state index in [0.717, 1.165) is 11.1 Å².